The third-order valence-corrected chi connectivity index (χ3v) is 16.3. The molecule has 0 saturated carbocycles. The van der Waals surface area contributed by atoms with E-state index in [4.69, 9.17) is 0 Å². The van der Waals surface area contributed by atoms with Crippen molar-refractivity contribution in [3.63, 3.8) is 0 Å². The Bertz CT molecular complexity index is 3610. The zero-order valence-corrected chi connectivity index (χ0v) is 41.7. The molecule has 0 radical (unpaired) electrons. The fraction of sp³-hybridized carbons (Fsp3) is 0.156. The molecule has 5 heteroatoms. The molecule has 5 unspecified atom stereocenters. The summed E-state index contributed by atoms with van der Waals surface area (Å²) >= 11 is 2.60. The van der Waals surface area contributed by atoms with Gasteiger partial charge in [-0.1, -0.05) is 158 Å². The molecule has 10 aromatic rings. The van der Waals surface area contributed by atoms with E-state index in [2.05, 4.69) is 288 Å². The first-order valence-corrected chi connectivity index (χ1v) is 25.7. The topological polar surface area (TPSA) is 16.3 Å². The Balaban J connectivity index is 0.909. The molecule has 5 atom stereocenters. The number of hydrogen-bond donors (Lipinski definition) is 0. The summed E-state index contributed by atoms with van der Waals surface area (Å²) in [7, 11) is 0. The molecule has 0 spiro atoms. The van der Waals surface area contributed by atoms with Crippen LogP contribution in [-0.2, 0) is 0 Å². The van der Waals surface area contributed by atoms with Crippen molar-refractivity contribution in [1.82, 2.24) is 9.13 Å². The summed E-state index contributed by atoms with van der Waals surface area (Å²) < 4.78 is 5.42. The number of allylic oxidation sites excluding steroid dienone is 5. The van der Waals surface area contributed by atoms with Crippen molar-refractivity contribution >= 4 is 94.6 Å². The highest BCUT2D eigenvalue weighted by molar-refractivity contribution is 14.1. The van der Waals surface area contributed by atoms with E-state index in [0.717, 1.165) is 34.9 Å². The number of fused-ring (bicyclic) bond motifs is 6. The quantitative estimate of drug-likeness (QED) is 0.0814. The molecular weight excluding hydrogens is 952 g/mol. The Labute approximate surface area is 419 Å². The molecule has 2 heterocycles. The summed E-state index contributed by atoms with van der Waals surface area (Å²) in [5, 5.41) is 5.08. The lowest BCUT2D eigenvalue weighted by atomic mass is 9.83. The Morgan fingerprint density at radius 2 is 0.986 bits per heavy atom. The highest BCUT2D eigenvalue weighted by Crippen LogP contribution is 2.45. The molecule has 0 bridgehead atoms. The van der Waals surface area contributed by atoms with Crippen LogP contribution in [-0.4, -0.2) is 13.1 Å². The zero-order valence-electron chi connectivity index (χ0n) is 39.5. The molecule has 12 rings (SSSR count). The van der Waals surface area contributed by atoms with Crippen LogP contribution < -0.4 is 9.80 Å². The van der Waals surface area contributed by atoms with Gasteiger partial charge in [-0.2, -0.15) is 0 Å². The number of aromatic nitrogens is 2. The average molecular weight is 1010 g/mol. The Kier molecular flexibility index (Phi) is 11.1. The van der Waals surface area contributed by atoms with Crippen molar-refractivity contribution < 1.29 is 0 Å². The highest BCUT2D eigenvalue weighted by Gasteiger charge is 2.30. The van der Waals surface area contributed by atoms with Gasteiger partial charge in [-0.15, -0.1) is 0 Å². The molecule has 0 aliphatic heterocycles. The largest absolute Gasteiger partial charge is 0.336 e. The predicted octanol–water partition coefficient (Wildman–Crippen LogP) is 18.1. The first kappa shape index (κ1) is 43.2. The lowest BCUT2D eigenvalue weighted by Crippen LogP contribution is -2.25. The van der Waals surface area contributed by atoms with Crippen LogP contribution in [0.25, 0.3) is 60.4 Å². The van der Waals surface area contributed by atoms with E-state index in [1.54, 1.807) is 0 Å². The van der Waals surface area contributed by atoms with E-state index in [-0.39, 0.29) is 0 Å². The first-order valence-electron chi connectivity index (χ1n) is 24.5. The van der Waals surface area contributed by atoms with E-state index < -0.39 is 0 Å². The van der Waals surface area contributed by atoms with E-state index in [9.17, 15) is 0 Å². The van der Waals surface area contributed by atoms with Gasteiger partial charge in [0.25, 0.3) is 0 Å². The number of benzene rings is 8. The molecule has 0 N–H and O–H groups in total. The monoisotopic (exact) mass is 1010 g/mol. The van der Waals surface area contributed by atoms with Crippen LogP contribution in [0.15, 0.2) is 224 Å². The van der Waals surface area contributed by atoms with E-state index >= 15 is 0 Å². The van der Waals surface area contributed by atoms with Gasteiger partial charge in [0.2, 0.25) is 0 Å². The van der Waals surface area contributed by atoms with Crippen molar-refractivity contribution in [1.29, 1.82) is 0 Å². The summed E-state index contributed by atoms with van der Waals surface area (Å²) in [6.45, 7) is 9.25. The van der Waals surface area contributed by atoms with Crippen molar-refractivity contribution in [3.8, 4) is 16.8 Å². The van der Waals surface area contributed by atoms with Crippen LogP contribution in [0.4, 0.5) is 28.4 Å². The van der Waals surface area contributed by atoms with E-state index in [1.165, 1.54) is 71.7 Å². The Morgan fingerprint density at radius 1 is 0.478 bits per heavy atom. The number of rotatable bonds is 9. The molecule has 0 fully saturated rings. The maximum atomic E-state index is 2.64. The number of anilines is 5. The molecule has 8 aromatic carbocycles. The van der Waals surface area contributed by atoms with Crippen molar-refractivity contribution in [2.45, 2.75) is 44.1 Å². The second kappa shape index (κ2) is 17.8. The van der Waals surface area contributed by atoms with Crippen LogP contribution in [0, 0.1) is 24.7 Å². The lowest BCUT2D eigenvalue weighted by Gasteiger charge is -2.34. The summed E-state index contributed by atoms with van der Waals surface area (Å²) in [6, 6.07) is 70.0. The summed E-state index contributed by atoms with van der Waals surface area (Å²) in [5.41, 5.74) is 16.6. The number of para-hydroxylation sites is 3. The van der Waals surface area contributed by atoms with Crippen LogP contribution >= 0.6 is 22.6 Å². The summed E-state index contributed by atoms with van der Waals surface area (Å²) in [5.74, 6) is 1.49. The molecule has 0 amide bonds. The molecule has 0 saturated heterocycles. The minimum absolute atomic E-state index is 0.395. The third kappa shape index (κ3) is 7.68. The van der Waals surface area contributed by atoms with Gasteiger partial charge in [0, 0.05) is 82.4 Å². The smallest absolute Gasteiger partial charge is 0.0542 e. The van der Waals surface area contributed by atoms with Crippen LogP contribution in [0.5, 0.6) is 0 Å². The van der Waals surface area contributed by atoms with Crippen molar-refractivity contribution in [2.75, 3.05) is 9.80 Å². The predicted molar refractivity (Wildman–Crippen MR) is 303 cm³/mol. The van der Waals surface area contributed by atoms with Gasteiger partial charge in [-0.3, -0.25) is 0 Å². The Morgan fingerprint density at radius 3 is 1.64 bits per heavy atom. The third-order valence-electron chi connectivity index (χ3n) is 14.8. The maximum absolute atomic E-state index is 2.64. The minimum atomic E-state index is 0.395. The minimum Gasteiger partial charge on any atom is -0.336 e. The molecule has 2 aliphatic carbocycles. The number of halogens is 1. The molecule has 2 aromatic heterocycles. The summed E-state index contributed by atoms with van der Waals surface area (Å²) in [6.07, 6.45) is 13.0. The molecule has 4 nitrogen and oxygen atoms in total. The van der Waals surface area contributed by atoms with E-state index in [0.29, 0.717) is 27.7 Å². The molecule has 69 heavy (non-hydrogen) atoms. The van der Waals surface area contributed by atoms with Gasteiger partial charge in [-0.25, -0.2) is 0 Å². The van der Waals surface area contributed by atoms with Crippen LogP contribution in [0.3, 0.4) is 0 Å². The van der Waals surface area contributed by atoms with E-state index in [1.807, 2.05) is 0 Å². The van der Waals surface area contributed by atoms with Gasteiger partial charge < -0.3 is 18.9 Å². The van der Waals surface area contributed by atoms with Gasteiger partial charge >= 0.3 is 0 Å². The van der Waals surface area contributed by atoms with Gasteiger partial charge in [0.05, 0.1) is 11.0 Å². The molecule has 2 aliphatic rings. The number of aryl methyl sites for hydroxylation is 1. The SMILES string of the molecule is Cc1ccc(N(c2ccc(-c3ccc(N(C4=CC(I)C(C)C=C4)c4ccc5c(c4)c4ccccc4n5C4C(C)C=CCC4C)cc3)cc2)c2ccc3c(c2)c2ccccc2n3-c2ccccc2)cc1. The fourth-order valence-electron chi connectivity index (χ4n) is 11.2. The van der Waals surface area contributed by atoms with Crippen LogP contribution in [0.1, 0.15) is 38.8 Å². The number of hydrogen-bond acceptors (Lipinski definition) is 2. The zero-order chi connectivity index (χ0) is 46.8. The molecular formula is C64H55IN4. The van der Waals surface area contributed by atoms with Crippen molar-refractivity contribution in [2.24, 2.45) is 17.8 Å². The second-order valence-electron chi connectivity index (χ2n) is 19.3. The van der Waals surface area contributed by atoms with Gasteiger partial charge in [0.15, 0.2) is 0 Å². The fourth-order valence-corrected chi connectivity index (χ4v) is 11.9. The summed E-state index contributed by atoms with van der Waals surface area (Å²) in [4.78, 5) is 4.83. The second-order valence-corrected chi connectivity index (χ2v) is 20.8. The average Bonchev–Trinajstić information content (AvgIpc) is 3.89. The number of nitrogens with zero attached hydrogens (tertiary/aromatic N) is 4. The standard InChI is InChI=1S/C64H55IN4/c1-42-21-28-49(29-22-42)66(52-35-37-62-57(39-52)55-17-8-10-19-60(55)68(62)48-15-6-5-7-16-48)50-31-24-46(25-32-50)47-26-33-51(34-27-47)67(54-30-23-43(2)59(65)41-54)53-36-38-63-58(40-53)56-18-9-11-20-61(56)69(63)64-44(3)13-12-14-45(64)4/h5-13,15-41,43-45,59,64H,14H2,1-4H3. The lowest BCUT2D eigenvalue weighted by molar-refractivity contribution is 0.292. The number of alkyl halides is 1. The normalized spacial score (nSPS) is 19.1. The van der Waals surface area contributed by atoms with Crippen molar-refractivity contribution in [3.05, 3.63) is 230 Å². The first-order chi connectivity index (χ1) is 33.8. The maximum Gasteiger partial charge on any atom is 0.0542 e. The highest BCUT2D eigenvalue weighted by atomic mass is 127. The van der Waals surface area contributed by atoms with Gasteiger partial charge in [0.1, 0.15) is 0 Å². The van der Waals surface area contributed by atoms with Gasteiger partial charge in [-0.05, 0) is 151 Å². The Hall–Kier alpha value is -7.09. The van der Waals surface area contributed by atoms with Crippen LogP contribution in [0.2, 0.25) is 0 Å². The molecule has 338 valence electrons.